The Labute approximate surface area is 95.7 Å². The lowest BCUT2D eigenvalue weighted by Gasteiger charge is -2.27. The summed E-state index contributed by atoms with van der Waals surface area (Å²) in [5.74, 6) is 0. The largest absolute Gasteiger partial charge is 0.296 e. The van der Waals surface area contributed by atoms with Gasteiger partial charge in [-0.25, -0.2) is 5.48 Å². The standard InChI is InChI=1S/C13H29NO/c1-7-9-12(3,4)10-11-14-15-13(5,6)8-2/h14H,7-11H2,1-6H3. The molecule has 0 aromatic rings. The fourth-order valence-corrected chi connectivity index (χ4v) is 1.51. The van der Waals surface area contributed by atoms with Crippen LogP contribution in [-0.4, -0.2) is 12.1 Å². The van der Waals surface area contributed by atoms with E-state index in [0.717, 1.165) is 13.0 Å². The summed E-state index contributed by atoms with van der Waals surface area (Å²) in [6, 6.07) is 0. The van der Waals surface area contributed by atoms with Crippen LogP contribution in [0.2, 0.25) is 0 Å². The molecule has 2 heteroatoms. The third-order valence-electron chi connectivity index (χ3n) is 3.03. The van der Waals surface area contributed by atoms with Crippen molar-refractivity contribution in [3.05, 3.63) is 0 Å². The zero-order chi connectivity index (χ0) is 11.9. The molecule has 0 bridgehead atoms. The second-order valence-corrected chi connectivity index (χ2v) is 5.77. The number of nitrogens with one attached hydrogen (secondary N) is 1. The number of hydrogen-bond donors (Lipinski definition) is 1. The molecule has 0 aliphatic rings. The van der Waals surface area contributed by atoms with E-state index in [9.17, 15) is 0 Å². The summed E-state index contributed by atoms with van der Waals surface area (Å²) in [6.45, 7) is 14.2. The number of hydroxylamine groups is 1. The zero-order valence-corrected chi connectivity index (χ0v) is 11.4. The third kappa shape index (κ3) is 7.80. The molecule has 0 fully saturated rings. The van der Waals surface area contributed by atoms with E-state index in [2.05, 4.69) is 47.0 Å². The second-order valence-electron chi connectivity index (χ2n) is 5.77. The zero-order valence-electron chi connectivity index (χ0n) is 11.4. The monoisotopic (exact) mass is 215 g/mol. The highest BCUT2D eigenvalue weighted by atomic mass is 16.7. The minimum absolute atomic E-state index is 0.0467. The van der Waals surface area contributed by atoms with Gasteiger partial charge in [-0.15, -0.1) is 0 Å². The molecule has 0 saturated heterocycles. The predicted molar refractivity (Wildman–Crippen MR) is 66.8 cm³/mol. The van der Waals surface area contributed by atoms with E-state index in [1.807, 2.05) is 0 Å². The molecular weight excluding hydrogens is 186 g/mol. The van der Waals surface area contributed by atoms with Crippen LogP contribution in [0.1, 0.15) is 67.2 Å². The lowest BCUT2D eigenvalue weighted by atomic mass is 9.85. The fraction of sp³-hybridized carbons (Fsp3) is 1.00. The van der Waals surface area contributed by atoms with Gasteiger partial charge in [0.2, 0.25) is 0 Å². The lowest BCUT2D eigenvalue weighted by Crippen LogP contribution is -2.33. The van der Waals surface area contributed by atoms with Gasteiger partial charge >= 0.3 is 0 Å². The van der Waals surface area contributed by atoms with Crippen molar-refractivity contribution in [1.82, 2.24) is 5.48 Å². The van der Waals surface area contributed by atoms with E-state index in [1.54, 1.807) is 0 Å². The van der Waals surface area contributed by atoms with E-state index < -0.39 is 0 Å². The maximum atomic E-state index is 5.60. The van der Waals surface area contributed by atoms with Crippen LogP contribution in [0.3, 0.4) is 0 Å². The van der Waals surface area contributed by atoms with Crippen molar-refractivity contribution in [3.63, 3.8) is 0 Å². The number of hydrogen-bond acceptors (Lipinski definition) is 2. The molecule has 0 aromatic heterocycles. The van der Waals surface area contributed by atoms with Crippen LogP contribution < -0.4 is 5.48 Å². The summed E-state index contributed by atoms with van der Waals surface area (Å²) in [4.78, 5) is 5.60. The molecule has 0 atom stereocenters. The summed E-state index contributed by atoms with van der Waals surface area (Å²) >= 11 is 0. The summed E-state index contributed by atoms with van der Waals surface area (Å²) in [5, 5.41) is 0. The molecule has 0 amide bonds. The molecule has 0 aliphatic carbocycles. The second kappa shape index (κ2) is 6.49. The first-order chi connectivity index (χ1) is 6.83. The van der Waals surface area contributed by atoms with Crippen LogP contribution in [0.4, 0.5) is 0 Å². The van der Waals surface area contributed by atoms with E-state index in [0.29, 0.717) is 5.41 Å². The minimum atomic E-state index is -0.0467. The Morgan fingerprint density at radius 1 is 1.00 bits per heavy atom. The van der Waals surface area contributed by atoms with Crippen molar-refractivity contribution in [2.75, 3.05) is 6.54 Å². The molecule has 0 radical (unpaired) electrons. The molecule has 2 nitrogen and oxygen atoms in total. The molecule has 0 aromatic carbocycles. The average molecular weight is 215 g/mol. The minimum Gasteiger partial charge on any atom is -0.296 e. The summed E-state index contributed by atoms with van der Waals surface area (Å²) in [5.41, 5.74) is 3.48. The van der Waals surface area contributed by atoms with E-state index in [-0.39, 0.29) is 5.60 Å². The molecule has 0 heterocycles. The summed E-state index contributed by atoms with van der Waals surface area (Å²) in [6.07, 6.45) is 4.74. The molecule has 1 N–H and O–H groups in total. The van der Waals surface area contributed by atoms with E-state index >= 15 is 0 Å². The highest BCUT2D eigenvalue weighted by Gasteiger charge is 2.18. The lowest BCUT2D eigenvalue weighted by molar-refractivity contribution is -0.0883. The Bertz CT molecular complexity index is 164. The van der Waals surface area contributed by atoms with Crippen molar-refractivity contribution < 1.29 is 4.84 Å². The third-order valence-corrected chi connectivity index (χ3v) is 3.03. The molecule has 15 heavy (non-hydrogen) atoms. The van der Waals surface area contributed by atoms with Crippen LogP contribution in [0.5, 0.6) is 0 Å². The number of rotatable bonds is 8. The highest BCUT2D eigenvalue weighted by molar-refractivity contribution is 4.69. The van der Waals surface area contributed by atoms with Gasteiger partial charge in [0.05, 0.1) is 5.60 Å². The molecular formula is C13H29NO. The first kappa shape index (κ1) is 14.9. The quantitative estimate of drug-likeness (QED) is 0.489. The van der Waals surface area contributed by atoms with Crippen molar-refractivity contribution in [2.45, 2.75) is 72.8 Å². The van der Waals surface area contributed by atoms with Crippen molar-refractivity contribution in [3.8, 4) is 0 Å². The van der Waals surface area contributed by atoms with Crippen LogP contribution in [-0.2, 0) is 4.84 Å². The Morgan fingerprint density at radius 2 is 1.60 bits per heavy atom. The first-order valence-corrected chi connectivity index (χ1v) is 6.24. The van der Waals surface area contributed by atoms with Crippen molar-refractivity contribution >= 4 is 0 Å². The summed E-state index contributed by atoms with van der Waals surface area (Å²) in [7, 11) is 0. The highest BCUT2D eigenvalue weighted by Crippen LogP contribution is 2.25. The van der Waals surface area contributed by atoms with Gasteiger partial charge in [-0.3, -0.25) is 4.84 Å². The molecule has 92 valence electrons. The van der Waals surface area contributed by atoms with Gasteiger partial charge in [0, 0.05) is 6.54 Å². The van der Waals surface area contributed by atoms with Gasteiger partial charge in [0.15, 0.2) is 0 Å². The van der Waals surface area contributed by atoms with E-state index in [1.165, 1.54) is 19.3 Å². The first-order valence-electron chi connectivity index (χ1n) is 6.24. The van der Waals surface area contributed by atoms with Gasteiger partial charge in [-0.05, 0) is 38.5 Å². The molecule has 0 rings (SSSR count). The smallest absolute Gasteiger partial charge is 0.0838 e. The molecule has 0 spiro atoms. The molecule has 0 unspecified atom stereocenters. The van der Waals surface area contributed by atoms with E-state index in [4.69, 9.17) is 4.84 Å². The van der Waals surface area contributed by atoms with Crippen LogP contribution >= 0.6 is 0 Å². The average Bonchev–Trinajstić information content (AvgIpc) is 2.13. The van der Waals surface area contributed by atoms with Gasteiger partial charge in [-0.2, -0.15) is 0 Å². The summed E-state index contributed by atoms with van der Waals surface area (Å²) < 4.78 is 0. The van der Waals surface area contributed by atoms with Gasteiger partial charge in [0.25, 0.3) is 0 Å². The molecule has 0 saturated carbocycles. The SMILES string of the molecule is CCCC(C)(C)CCNOC(C)(C)CC. The maximum Gasteiger partial charge on any atom is 0.0838 e. The predicted octanol–water partition coefficient (Wildman–Crippen LogP) is 3.91. The Kier molecular flexibility index (Phi) is 6.46. The Morgan fingerprint density at radius 3 is 2.07 bits per heavy atom. The Balaban J connectivity index is 3.62. The van der Waals surface area contributed by atoms with Gasteiger partial charge < -0.3 is 0 Å². The van der Waals surface area contributed by atoms with Crippen molar-refractivity contribution in [2.24, 2.45) is 5.41 Å². The fourth-order valence-electron chi connectivity index (χ4n) is 1.51. The van der Waals surface area contributed by atoms with Gasteiger partial charge in [-0.1, -0.05) is 34.1 Å². The van der Waals surface area contributed by atoms with Crippen LogP contribution in [0, 0.1) is 5.41 Å². The maximum absolute atomic E-state index is 5.60. The van der Waals surface area contributed by atoms with Crippen LogP contribution in [0.15, 0.2) is 0 Å². The van der Waals surface area contributed by atoms with Crippen LogP contribution in [0.25, 0.3) is 0 Å². The van der Waals surface area contributed by atoms with Gasteiger partial charge in [0.1, 0.15) is 0 Å². The topological polar surface area (TPSA) is 21.3 Å². The van der Waals surface area contributed by atoms with Crippen molar-refractivity contribution in [1.29, 1.82) is 0 Å². The molecule has 0 aliphatic heterocycles. The normalized spacial score (nSPS) is 13.2. The Hall–Kier alpha value is -0.0800.